The van der Waals surface area contributed by atoms with Crippen LogP contribution in [0.15, 0.2) is 27.4 Å². The van der Waals surface area contributed by atoms with E-state index in [1.54, 1.807) is 25.1 Å². The van der Waals surface area contributed by atoms with Gasteiger partial charge in [-0.15, -0.1) is 0 Å². The maximum atomic E-state index is 11.6. The van der Waals surface area contributed by atoms with Crippen LogP contribution in [0.4, 0.5) is 0 Å². The molecule has 0 amide bonds. The monoisotopic (exact) mass is 239 g/mol. The molecule has 2 rings (SSSR count). The Labute approximate surface area is 96.4 Å². The Hall–Kier alpha value is -1.55. The highest BCUT2D eigenvalue weighted by Gasteiger charge is 2.18. The maximum absolute atomic E-state index is 11.6. The molecule has 1 aromatic heterocycles. The predicted octanol–water partition coefficient (Wildman–Crippen LogP) is 2.40. The number of halogens is 1. The summed E-state index contributed by atoms with van der Waals surface area (Å²) in [4.78, 5) is 22.9. The summed E-state index contributed by atoms with van der Waals surface area (Å²) in [6.07, 6.45) is 0. The summed E-state index contributed by atoms with van der Waals surface area (Å²) in [5.41, 5.74) is 0.975. The van der Waals surface area contributed by atoms with Crippen LogP contribution in [-0.4, -0.2) is 10.4 Å². The van der Waals surface area contributed by atoms with E-state index in [1.165, 1.54) is 11.5 Å². The van der Waals surface area contributed by atoms with Gasteiger partial charge in [-0.2, -0.15) is 0 Å². The first-order valence-electron chi connectivity index (χ1n) is 4.81. The molecular formula is C11H10ClNO3. The van der Waals surface area contributed by atoms with E-state index in [9.17, 15) is 9.59 Å². The Morgan fingerprint density at radius 2 is 2.19 bits per heavy atom. The molecule has 0 bridgehead atoms. The number of aromatic nitrogens is 1. The van der Waals surface area contributed by atoms with Crippen molar-refractivity contribution < 1.29 is 9.21 Å². The molecule has 0 saturated heterocycles. The largest absolute Gasteiger partial charge is 0.420 e. The molecule has 1 heterocycles. The molecule has 84 valence electrons. The van der Waals surface area contributed by atoms with Crippen LogP contribution in [0.2, 0.25) is 5.02 Å². The molecule has 0 fully saturated rings. The van der Waals surface area contributed by atoms with Gasteiger partial charge in [0.1, 0.15) is 0 Å². The van der Waals surface area contributed by atoms with Crippen LogP contribution >= 0.6 is 11.6 Å². The molecule has 0 radical (unpaired) electrons. The Bertz CT molecular complexity index is 611. The Morgan fingerprint density at radius 3 is 2.81 bits per heavy atom. The lowest BCUT2D eigenvalue weighted by Crippen LogP contribution is -2.23. The molecule has 0 aliphatic heterocycles. The number of nitrogens with zero attached hydrogens (tertiary/aromatic N) is 1. The number of hydrogen-bond donors (Lipinski definition) is 0. The van der Waals surface area contributed by atoms with E-state index in [0.717, 1.165) is 0 Å². The van der Waals surface area contributed by atoms with Crippen LogP contribution in [0.3, 0.4) is 0 Å². The number of carbonyl (C=O) groups excluding carboxylic acids is 1. The fraction of sp³-hybridized carbons (Fsp3) is 0.273. The van der Waals surface area contributed by atoms with Gasteiger partial charge in [-0.05, 0) is 32.0 Å². The third-order valence-electron chi connectivity index (χ3n) is 2.55. The molecule has 16 heavy (non-hydrogen) atoms. The molecule has 5 heteroatoms. The van der Waals surface area contributed by atoms with Gasteiger partial charge in [-0.25, -0.2) is 4.79 Å². The van der Waals surface area contributed by atoms with Crippen molar-refractivity contribution in [2.75, 3.05) is 0 Å². The van der Waals surface area contributed by atoms with Crippen molar-refractivity contribution in [1.29, 1.82) is 0 Å². The summed E-state index contributed by atoms with van der Waals surface area (Å²) in [7, 11) is 0. The fourth-order valence-corrected chi connectivity index (χ4v) is 1.72. The summed E-state index contributed by atoms with van der Waals surface area (Å²) >= 11 is 5.84. The summed E-state index contributed by atoms with van der Waals surface area (Å²) in [5, 5.41) is 0.498. The Balaban J connectivity index is 2.77. The van der Waals surface area contributed by atoms with E-state index in [-0.39, 0.29) is 5.78 Å². The van der Waals surface area contributed by atoms with Crippen molar-refractivity contribution >= 4 is 28.5 Å². The van der Waals surface area contributed by atoms with Crippen LogP contribution in [0.1, 0.15) is 19.9 Å². The van der Waals surface area contributed by atoms with Crippen LogP contribution in [0.25, 0.3) is 11.1 Å². The van der Waals surface area contributed by atoms with Gasteiger partial charge in [0.2, 0.25) is 0 Å². The van der Waals surface area contributed by atoms with Crippen LogP contribution in [0, 0.1) is 0 Å². The molecule has 1 unspecified atom stereocenters. The van der Waals surface area contributed by atoms with Crippen molar-refractivity contribution in [3.63, 3.8) is 0 Å². The number of fused-ring (bicyclic) bond motifs is 1. The first-order valence-corrected chi connectivity index (χ1v) is 5.19. The summed E-state index contributed by atoms with van der Waals surface area (Å²) in [5.74, 6) is -0.648. The van der Waals surface area contributed by atoms with Gasteiger partial charge in [0.15, 0.2) is 11.4 Å². The molecular weight excluding hydrogens is 230 g/mol. The van der Waals surface area contributed by atoms with Crippen molar-refractivity contribution in [3.8, 4) is 0 Å². The van der Waals surface area contributed by atoms with Crippen molar-refractivity contribution in [3.05, 3.63) is 33.8 Å². The zero-order chi connectivity index (χ0) is 11.9. The molecule has 0 spiro atoms. The molecule has 0 aliphatic carbocycles. The van der Waals surface area contributed by atoms with Crippen molar-refractivity contribution in [2.24, 2.45) is 0 Å². The Morgan fingerprint density at radius 1 is 1.50 bits per heavy atom. The van der Waals surface area contributed by atoms with E-state index in [0.29, 0.717) is 16.1 Å². The van der Waals surface area contributed by atoms with E-state index < -0.39 is 11.8 Å². The van der Waals surface area contributed by atoms with Gasteiger partial charge in [0.05, 0.1) is 11.6 Å². The molecule has 0 N–H and O–H groups in total. The van der Waals surface area contributed by atoms with E-state index in [4.69, 9.17) is 16.0 Å². The lowest BCUT2D eigenvalue weighted by Gasteiger charge is -2.07. The number of oxazole rings is 1. The van der Waals surface area contributed by atoms with E-state index >= 15 is 0 Å². The van der Waals surface area contributed by atoms with E-state index in [2.05, 4.69) is 0 Å². The second-order valence-electron chi connectivity index (χ2n) is 3.64. The highest BCUT2D eigenvalue weighted by molar-refractivity contribution is 6.31. The molecule has 0 saturated carbocycles. The zero-order valence-corrected chi connectivity index (χ0v) is 9.62. The molecule has 1 atom stereocenters. The first-order chi connectivity index (χ1) is 7.50. The summed E-state index contributed by atoms with van der Waals surface area (Å²) in [6.45, 7) is 3.08. The average Bonchev–Trinajstić information content (AvgIpc) is 2.52. The van der Waals surface area contributed by atoms with Gasteiger partial charge in [-0.3, -0.25) is 9.36 Å². The third kappa shape index (κ3) is 1.65. The number of ketones is 1. The second kappa shape index (κ2) is 3.79. The average molecular weight is 240 g/mol. The minimum atomic E-state index is -0.549. The number of hydrogen-bond acceptors (Lipinski definition) is 3. The van der Waals surface area contributed by atoms with Gasteiger partial charge in [-0.1, -0.05) is 11.6 Å². The van der Waals surface area contributed by atoms with Crippen LogP contribution in [0.5, 0.6) is 0 Å². The van der Waals surface area contributed by atoms with Crippen LogP contribution < -0.4 is 5.76 Å². The van der Waals surface area contributed by atoms with Gasteiger partial charge < -0.3 is 4.42 Å². The number of carbonyl (C=O) groups is 1. The standard InChI is InChI=1S/C11H10ClNO3/c1-6(7(2)14)13-9-5-8(12)3-4-10(9)16-11(13)15/h3-6H,1-2H3. The predicted molar refractivity (Wildman–Crippen MR) is 60.9 cm³/mol. The highest BCUT2D eigenvalue weighted by Crippen LogP contribution is 2.21. The topological polar surface area (TPSA) is 52.2 Å². The van der Waals surface area contributed by atoms with E-state index in [1.807, 2.05) is 0 Å². The quantitative estimate of drug-likeness (QED) is 0.809. The van der Waals surface area contributed by atoms with Gasteiger partial charge in [0, 0.05) is 5.02 Å². The number of benzene rings is 1. The Kier molecular flexibility index (Phi) is 2.59. The molecule has 0 aliphatic rings. The van der Waals surface area contributed by atoms with Crippen molar-refractivity contribution in [2.45, 2.75) is 19.9 Å². The molecule has 1 aromatic carbocycles. The number of Topliss-reactive ketones (excluding diaryl/α,β-unsaturated/α-hetero) is 1. The minimum Gasteiger partial charge on any atom is -0.408 e. The molecule has 2 aromatic rings. The third-order valence-corrected chi connectivity index (χ3v) is 2.79. The SMILES string of the molecule is CC(=O)C(C)n1c(=O)oc2ccc(Cl)cc21. The summed E-state index contributed by atoms with van der Waals surface area (Å²) in [6, 6.07) is 4.31. The lowest BCUT2D eigenvalue weighted by atomic mass is 10.2. The number of rotatable bonds is 2. The van der Waals surface area contributed by atoms with Crippen LogP contribution in [-0.2, 0) is 4.79 Å². The van der Waals surface area contributed by atoms with Gasteiger partial charge in [0.25, 0.3) is 0 Å². The fourth-order valence-electron chi connectivity index (χ4n) is 1.56. The summed E-state index contributed by atoms with van der Waals surface area (Å²) < 4.78 is 6.33. The smallest absolute Gasteiger partial charge is 0.408 e. The lowest BCUT2D eigenvalue weighted by molar-refractivity contribution is -0.119. The molecule has 4 nitrogen and oxygen atoms in total. The highest BCUT2D eigenvalue weighted by atomic mass is 35.5. The van der Waals surface area contributed by atoms with Crippen molar-refractivity contribution in [1.82, 2.24) is 4.57 Å². The maximum Gasteiger partial charge on any atom is 0.420 e. The normalized spacial score (nSPS) is 12.9. The zero-order valence-electron chi connectivity index (χ0n) is 8.86. The second-order valence-corrected chi connectivity index (χ2v) is 4.07. The minimum absolute atomic E-state index is 0.107. The first kappa shape index (κ1) is 11.0. The van der Waals surface area contributed by atoms with Gasteiger partial charge >= 0.3 is 5.76 Å².